The second kappa shape index (κ2) is 9.08. The van der Waals surface area contributed by atoms with Crippen molar-refractivity contribution in [1.82, 2.24) is 9.88 Å². The molecule has 2 aromatic rings. The second-order valence-electron chi connectivity index (χ2n) is 6.08. The van der Waals surface area contributed by atoms with Crippen molar-refractivity contribution < 1.29 is 22.7 Å². The fourth-order valence-corrected chi connectivity index (χ4v) is 2.83. The number of benzene rings is 1. The van der Waals surface area contributed by atoms with E-state index in [1.807, 2.05) is 37.3 Å². The number of rotatable bonds is 7. The highest BCUT2D eigenvalue weighted by molar-refractivity contribution is 6.32. The van der Waals surface area contributed by atoms with Crippen LogP contribution in [-0.2, 0) is 6.42 Å². The summed E-state index contributed by atoms with van der Waals surface area (Å²) in [6.45, 7) is 0.485. The lowest BCUT2D eigenvalue weighted by atomic mass is 10.0. The predicted molar refractivity (Wildman–Crippen MR) is 97.1 cm³/mol. The maximum atomic E-state index is 12.7. The molecule has 27 heavy (non-hydrogen) atoms. The number of halogens is 4. The lowest BCUT2D eigenvalue weighted by Gasteiger charge is -2.27. The minimum Gasteiger partial charge on any atom is -0.467 e. The molecule has 0 radical (unpaired) electrons. The fourth-order valence-electron chi connectivity index (χ4n) is 2.61. The molecule has 0 spiro atoms. The Balaban J connectivity index is 2.09. The summed E-state index contributed by atoms with van der Waals surface area (Å²) in [6, 6.07) is 11.0. The highest BCUT2D eigenvalue weighted by Gasteiger charge is 2.29. The van der Waals surface area contributed by atoms with Crippen LogP contribution in [0.15, 0.2) is 42.6 Å². The maximum absolute atomic E-state index is 12.7. The number of carbonyl (C=O) groups excluding carboxylic acids is 1. The summed E-state index contributed by atoms with van der Waals surface area (Å²) in [6.07, 6.45) is -1.89. The van der Waals surface area contributed by atoms with E-state index >= 15 is 0 Å². The highest BCUT2D eigenvalue weighted by Crippen LogP contribution is 2.26. The zero-order valence-electron chi connectivity index (χ0n) is 15.0. The standard InChI is InChI=1S/C19H20ClF3N2O2/c1-3-15(9-13-7-5-4-6-8-13)25(2)18(26)14-10-16(20)17(24-11-14)27-12-19(21,22)23/h4-8,10-11,15H,3,9,12H2,1-2H3/t15-/m0/s1. The Morgan fingerprint density at radius 3 is 2.52 bits per heavy atom. The third-order valence-corrected chi connectivity index (χ3v) is 4.35. The number of hydrogen-bond donors (Lipinski definition) is 0. The largest absolute Gasteiger partial charge is 0.467 e. The first-order chi connectivity index (χ1) is 12.7. The van der Waals surface area contributed by atoms with E-state index in [1.165, 1.54) is 12.3 Å². The van der Waals surface area contributed by atoms with Gasteiger partial charge >= 0.3 is 6.18 Å². The first kappa shape index (κ1) is 21.0. The molecule has 0 unspecified atom stereocenters. The monoisotopic (exact) mass is 400 g/mol. The van der Waals surface area contributed by atoms with Crippen molar-refractivity contribution in [3.63, 3.8) is 0 Å². The summed E-state index contributed by atoms with van der Waals surface area (Å²) in [5.41, 5.74) is 1.30. The van der Waals surface area contributed by atoms with Gasteiger partial charge in [0.1, 0.15) is 5.02 Å². The molecular weight excluding hydrogens is 381 g/mol. The molecule has 0 aliphatic rings. The van der Waals surface area contributed by atoms with Crippen molar-refractivity contribution in [1.29, 1.82) is 0 Å². The normalized spacial score (nSPS) is 12.5. The van der Waals surface area contributed by atoms with Gasteiger partial charge in [0, 0.05) is 19.3 Å². The third-order valence-electron chi connectivity index (χ3n) is 4.08. The van der Waals surface area contributed by atoms with Crippen LogP contribution in [-0.4, -0.2) is 41.7 Å². The van der Waals surface area contributed by atoms with Crippen LogP contribution in [0.2, 0.25) is 5.02 Å². The van der Waals surface area contributed by atoms with E-state index in [4.69, 9.17) is 11.6 Å². The molecule has 0 aliphatic heterocycles. The summed E-state index contributed by atoms with van der Waals surface area (Å²) >= 11 is 5.92. The zero-order chi connectivity index (χ0) is 20.0. The highest BCUT2D eigenvalue weighted by atomic mass is 35.5. The van der Waals surface area contributed by atoms with Gasteiger partial charge in [0.25, 0.3) is 5.91 Å². The summed E-state index contributed by atoms with van der Waals surface area (Å²) in [4.78, 5) is 18.1. The molecule has 0 saturated carbocycles. The number of alkyl halides is 3. The van der Waals surface area contributed by atoms with Crippen LogP contribution in [0.4, 0.5) is 13.2 Å². The van der Waals surface area contributed by atoms with Crippen LogP contribution in [0, 0.1) is 0 Å². The molecule has 1 aromatic carbocycles. The number of ether oxygens (including phenoxy) is 1. The lowest BCUT2D eigenvalue weighted by Crippen LogP contribution is -2.38. The first-order valence-corrected chi connectivity index (χ1v) is 8.75. The van der Waals surface area contributed by atoms with Gasteiger partial charge in [-0.2, -0.15) is 13.2 Å². The van der Waals surface area contributed by atoms with E-state index in [2.05, 4.69) is 9.72 Å². The Morgan fingerprint density at radius 2 is 1.96 bits per heavy atom. The van der Waals surface area contributed by atoms with Gasteiger partial charge in [0.2, 0.25) is 5.88 Å². The molecule has 0 bridgehead atoms. The number of hydrogen-bond acceptors (Lipinski definition) is 3. The Hall–Kier alpha value is -2.28. The van der Waals surface area contributed by atoms with Gasteiger partial charge in [0.15, 0.2) is 6.61 Å². The van der Waals surface area contributed by atoms with E-state index < -0.39 is 12.8 Å². The van der Waals surface area contributed by atoms with Crippen LogP contribution >= 0.6 is 11.6 Å². The number of nitrogens with zero attached hydrogens (tertiary/aromatic N) is 2. The third kappa shape index (κ3) is 6.13. The molecule has 0 saturated heterocycles. The molecule has 1 heterocycles. The van der Waals surface area contributed by atoms with Crippen molar-refractivity contribution >= 4 is 17.5 Å². The van der Waals surface area contributed by atoms with Crippen molar-refractivity contribution in [2.75, 3.05) is 13.7 Å². The molecule has 0 fully saturated rings. The smallest absolute Gasteiger partial charge is 0.422 e. The van der Waals surface area contributed by atoms with E-state index in [9.17, 15) is 18.0 Å². The molecular formula is C19H20ClF3N2O2. The molecule has 1 aromatic heterocycles. The summed E-state index contributed by atoms with van der Waals surface area (Å²) < 4.78 is 41.3. The van der Waals surface area contributed by atoms with Crippen LogP contribution in [0.3, 0.4) is 0 Å². The van der Waals surface area contributed by atoms with Crippen molar-refractivity contribution in [3.8, 4) is 5.88 Å². The van der Waals surface area contributed by atoms with Gasteiger partial charge in [-0.05, 0) is 24.5 Å². The second-order valence-corrected chi connectivity index (χ2v) is 6.49. The molecule has 8 heteroatoms. The molecule has 1 atom stereocenters. The van der Waals surface area contributed by atoms with Crippen molar-refractivity contribution in [3.05, 3.63) is 58.7 Å². The van der Waals surface area contributed by atoms with Gasteiger partial charge in [-0.1, -0.05) is 48.9 Å². The number of likely N-dealkylation sites (N-methyl/N-ethyl adjacent to an activating group) is 1. The first-order valence-electron chi connectivity index (χ1n) is 8.37. The summed E-state index contributed by atoms with van der Waals surface area (Å²) in [5.74, 6) is -0.668. The zero-order valence-corrected chi connectivity index (χ0v) is 15.7. The summed E-state index contributed by atoms with van der Waals surface area (Å²) in [7, 11) is 1.68. The number of pyridine rings is 1. The maximum Gasteiger partial charge on any atom is 0.422 e. The number of aromatic nitrogens is 1. The van der Waals surface area contributed by atoms with Gasteiger partial charge in [-0.3, -0.25) is 4.79 Å². The lowest BCUT2D eigenvalue weighted by molar-refractivity contribution is -0.154. The fraction of sp³-hybridized carbons (Fsp3) is 0.368. The predicted octanol–water partition coefficient (Wildman–Crippen LogP) is 4.77. The van der Waals surface area contributed by atoms with Crippen LogP contribution in [0.25, 0.3) is 0 Å². The van der Waals surface area contributed by atoms with Gasteiger partial charge < -0.3 is 9.64 Å². The number of amides is 1. The van der Waals surface area contributed by atoms with Crippen LogP contribution < -0.4 is 4.74 Å². The van der Waals surface area contributed by atoms with E-state index in [-0.39, 0.29) is 28.4 Å². The van der Waals surface area contributed by atoms with Gasteiger partial charge in [-0.15, -0.1) is 0 Å². The molecule has 0 aliphatic carbocycles. The Morgan fingerprint density at radius 1 is 1.30 bits per heavy atom. The minimum atomic E-state index is -4.49. The SMILES string of the molecule is CC[C@@H](Cc1ccccc1)N(C)C(=O)c1cnc(OCC(F)(F)F)c(Cl)c1. The van der Waals surface area contributed by atoms with Gasteiger partial charge in [-0.25, -0.2) is 4.98 Å². The van der Waals surface area contributed by atoms with E-state index in [0.29, 0.717) is 6.42 Å². The van der Waals surface area contributed by atoms with Crippen molar-refractivity contribution in [2.45, 2.75) is 32.0 Å². The van der Waals surface area contributed by atoms with Crippen LogP contribution in [0.1, 0.15) is 29.3 Å². The van der Waals surface area contributed by atoms with E-state index in [0.717, 1.165) is 12.0 Å². The van der Waals surface area contributed by atoms with Gasteiger partial charge in [0.05, 0.1) is 5.56 Å². The summed E-state index contributed by atoms with van der Waals surface area (Å²) in [5, 5.41) is -0.144. The molecule has 146 valence electrons. The van der Waals surface area contributed by atoms with Crippen molar-refractivity contribution in [2.24, 2.45) is 0 Å². The minimum absolute atomic E-state index is 0.0418. The topological polar surface area (TPSA) is 42.4 Å². The Labute approximate surface area is 160 Å². The van der Waals surface area contributed by atoms with Crippen LogP contribution in [0.5, 0.6) is 5.88 Å². The average Bonchev–Trinajstić information content (AvgIpc) is 2.64. The number of carbonyl (C=O) groups is 1. The molecule has 2 rings (SSSR count). The molecule has 0 N–H and O–H groups in total. The Kier molecular flexibility index (Phi) is 7.07. The van der Waals surface area contributed by atoms with E-state index in [1.54, 1.807) is 11.9 Å². The average molecular weight is 401 g/mol. The molecule has 1 amide bonds. The molecule has 4 nitrogen and oxygen atoms in total. The quantitative estimate of drug-likeness (QED) is 0.672. The Bertz CT molecular complexity index is 769.